The Morgan fingerprint density at radius 2 is 2.40 bits per heavy atom. The van der Waals surface area contributed by atoms with E-state index in [1.807, 2.05) is 6.07 Å². The van der Waals surface area contributed by atoms with Crippen LogP contribution >= 0.6 is 0 Å². The normalized spacial score (nSPS) is 12.9. The summed E-state index contributed by atoms with van der Waals surface area (Å²) >= 11 is 0. The zero-order chi connectivity index (χ0) is 10.8. The van der Waals surface area contributed by atoms with Crippen molar-refractivity contribution in [1.82, 2.24) is 10.2 Å². The van der Waals surface area contributed by atoms with Crippen LogP contribution in [0.5, 0.6) is 0 Å². The lowest BCUT2D eigenvalue weighted by atomic mass is 9.97. The molecule has 0 saturated carbocycles. The lowest BCUT2D eigenvalue weighted by molar-refractivity contribution is -0.138. The molecule has 1 unspecified atom stereocenters. The Morgan fingerprint density at radius 3 is 3.07 bits per heavy atom. The number of carboxylic acids is 1. The summed E-state index contributed by atoms with van der Waals surface area (Å²) in [5.74, 6) is -1.60. The number of carboxylic acid groups (broad SMARTS) is 1. The molecule has 78 valence electrons. The first-order chi connectivity index (χ1) is 7.24. The molecule has 5 nitrogen and oxygen atoms in total. The van der Waals surface area contributed by atoms with Crippen molar-refractivity contribution in [3.63, 3.8) is 0 Å². The second kappa shape index (κ2) is 3.70. The molecule has 0 aliphatic rings. The molecule has 1 aromatic carbocycles. The summed E-state index contributed by atoms with van der Waals surface area (Å²) in [6.45, 7) is 0.0769. The van der Waals surface area contributed by atoms with Crippen molar-refractivity contribution in [3.05, 3.63) is 30.0 Å². The van der Waals surface area contributed by atoms with Crippen molar-refractivity contribution in [2.45, 2.75) is 5.92 Å². The minimum Gasteiger partial charge on any atom is -0.481 e. The van der Waals surface area contributed by atoms with E-state index in [-0.39, 0.29) is 6.54 Å². The third-order valence-electron chi connectivity index (χ3n) is 2.42. The first kappa shape index (κ1) is 9.67. The highest BCUT2D eigenvalue weighted by molar-refractivity contribution is 5.87. The molecule has 5 heteroatoms. The van der Waals surface area contributed by atoms with Gasteiger partial charge in [0.2, 0.25) is 0 Å². The Balaban J connectivity index is 2.59. The molecular formula is C10H11N3O2. The van der Waals surface area contributed by atoms with Gasteiger partial charge in [0.25, 0.3) is 0 Å². The fourth-order valence-corrected chi connectivity index (χ4v) is 1.64. The number of nitrogens with one attached hydrogen (secondary N) is 1. The quantitative estimate of drug-likeness (QED) is 0.687. The maximum absolute atomic E-state index is 11.0. The Bertz CT molecular complexity index is 492. The van der Waals surface area contributed by atoms with Crippen LogP contribution in [0.3, 0.4) is 0 Å². The Kier molecular flexibility index (Phi) is 2.39. The molecule has 4 N–H and O–H groups in total. The summed E-state index contributed by atoms with van der Waals surface area (Å²) in [6.07, 6.45) is 1.66. The zero-order valence-electron chi connectivity index (χ0n) is 7.97. The van der Waals surface area contributed by atoms with Gasteiger partial charge in [0, 0.05) is 11.9 Å². The number of hydrogen-bond acceptors (Lipinski definition) is 3. The van der Waals surface area contributed by atoms with Crippen LogP contribution in [0.2, 0.25) is 0 Å². The fourth-order valence-electron chi connectivity index (χ4n) is 1.64. The third kappa shape index (κ3) is 1.57. The Hall–Kier alpha value is -1.88. The van der Waals surface area contributed by atoms with Crippen molar-refractivity contribution in [3.8, 4) is 0 Å². The summed E-state index contributed by atoms with van der Waals surface area (Å²) in [7, 11) is 0. The lowest BCUT2D eigenvalue weighted by Crippen LogP contribution is -2.21. The van der Waals surface area contributed by atoms with Gasteiger partial charge in [0.15, 0.2) is 0 Å². The van der Waals surface area contributed by atoms with Crippen LogP contribution < -0.4 is 5.73 Å². The number of aliphatic carboxylic acids is 1. The molecule has 0 fully saturated rings. The van der Waals surface area contributed by atoms with Gasteiger partial charge in [-0.15, -0.1) is 0 Å². The minimum atomic E-state index is -0.917. The van der Waals surface area contributed by atoms with Gasteiger partial charge in [0.1, 0.15) is 0 Å². The number of aromatic amines is 1. The van der Waals surface area contributed by atoms with E-state index in [2.05, 4.69) is 10.2 Å². The number of para-hydroxylation sites is 1. The lowest BCUT2D eigenvalue weighted by Gasteiger charge is -2.10. The predicted molar refractivity (Wildman–Crippen MR) is 55.5 cm³/mol. The topological polar surface area (TPSA) is 92.0 Å². The molecule has 2 rings (SSSR count). The highest BCUT2D eigenvalue weighted by Crippen LogP contribution is 2.23. The van der Waals surface area contributed by atoms with E-state index in [1.165, 1.54) is 0 Å². The average Bonchev–Trinajstić information content (AvgIpc) is 2.66. The van der Waals surface area contributed by atoms with Crippen LogP contribution in [0.15, 0.2) is 24.4 Å². The van der Waals surface area contributed by atoms with Crippen LogP contribution in [0.1, 0.15) is 11.5 Å². The zero-order valence-corrected chi connectivity index (χ0v) is 7.97. The van der Waals surface area contributed by atoms with Crippen LogP contribution in [0.4, 0.5) is 0 Å². The first-order valence-corrected chi connectivity index (χ1v) is 4.59. The van der Waals surface area contributed by atoms with E-state index in [4.69, 9.17) is 10.8 Å². The monoisotopic (exact) mass is 205 g/mol. The standard InChI is InChI=1S/C10H11N3O2/c11-4-8(10(14)15)7-3-1-2-6-5-12-13-9(6)7/h1-3,5,8H,4,11H2,(H,12,13)(H,14,15). The van der Waals surface area contributed by atoms with Gasteiger partial charge in [-0.3, -0.25) is 9.89 Å². The molecule has 0 radical (unpaired) electrons. The van der Waals surface area contributed by atoms with E-state index in [1.54, 1.807) is 18.3 Å². The highest BCUT2D eigenvalue weighted by atomic mass is 16.4. The van der Waals surface area contributed by atoms with Gasteiger partial charge in [0.05, 0.1) is 17.6 Å². The molecule has 15 heavy (non-hydrogen) atoms. The molecule has 0 aliphatic heterocycles. The Labute approximate surface area is 85.9 Å². The van der Waals surface area contributed by atoms with E-state index in [0.29, 0.717) is 5.56 Å². The van der Waals surface area contributed by atoms with Gasteiger partial charge in [-0.05, 0) is 5.56 Å². The molecule has 0 spiro atoms. The summed E-state index contributed by atoms with van der Waals surface area (Å²) in [6, 6.07) is 5.43. The number of carbonyl (C=O) groups is 1. The van der Waals surface area contributed by atoms with Crippen LogP contribution in [0.25, 0.3) is 10.9 Å². The predicted octanol–water partition coefficient (Wildman–Crippen LogP) is 0.690. The van der Waals surface area contributed by atoms with Crippen molar-refractivity contribution in [1.29, 1.82) is 0 Å². The SMILES string of the molecule is NCC(C(=O)O)c1cccc2cn[nH]c12. The van der Waals surface area contributed by atoms with Gasteiger partial charge in [-0.25, -0.2) is 0 Å². The average molecular weight is 205 g/mol. The number of aromatic nitrogens is 2. The first-order valence-electron chi connectivity index (χ1n) is 4.59. The minimum absolute atomic E-state index is 0.0769. The molecular weight excluding hydrogens is 194 g/mol. The molecule has 0 aliphatic carbocycles. The number of nitrogens with zero attached hydrogens (tertiary/aromatic N) is 1. The van der Waals surface area contributed by atoms with Crippen LogP contribution in [-0.2, 0) is 4.79 Å². The van der Waals surface area contributed by atoms with Crippen molar-refractivity contribution >= 4 is 16.9 Å². The number of H-pyrrole nitrogens is 1. The maximum atomic E-state index is 11.0. The van der Waals surface area contributed by atoms with E-state index >= 15 is 0 Å². The second-order valence-corrected chi connectivity index (χ2v) is 3.31. The van der Waals surface area contributed by atoms with Crippen molar-refractivity contribution in [2.24, 2.45) is 5.73 Å². The van der Waals surface area contributed by atoms with Crippen LogP contribution in [0, 0.1) is 0 Å². The molecule has 1 aromatic heterocycles. The molecule has 1 heterocycles. The van der Waals surface area contributed by atoms with Gasteiger partial charge >= 0.3 is 5.97 Å². The number of hydrogen-bond donors (Lipinski definition) is 3. The van der Waals surface area contributed by atoms with Gasteiger partial charge in [-0.2, -0.15) is 5.10 Å². The van der Waals surface area contributed by atoms with E-state index in [0.717, 1.165) is 10.9 Å². The fraction of sp³-hybridized carbons (Fsp3) is 0.200. The summed E-state index contributed by atoms with van der Waals surface area (Å²) in [4.78, 5) is 11.0. The highest BCUT2D eigenvalue weighted by Gasteiger charge is 2.20. The maximum Gasteiger partial charge on any atom is 0.312 e. The number of rotatable bonds is 3. The largest absolute Gasteiger partial charge is 0.481 e. The summed E-state index contributed by atoms with van der Waals surface area (Å²) in [5.41, 5.74) is 6.88. The van der Waals surface area contributed by atoms with Crippen molar-refractivity contribution in [2.75, 3.05) is 6.54 Å². The van der Waals surface area contributed by atoms with Crippen molar-refractivity contribution < 1.29 is 9.90 Å². The second-order valence-electron chi connectivity index (χ2n) is 3.31. The van der Waals surface area contributed by atoms with Gasteiger partial charge < -0.3 is 10.8 Å². The number of fused-ring (bicyclic) bond motifs is 1. The smallest absolute Gasteiger partial charge is 0.312 e. The third-order valence-corrected chi connectivity index (χ3v) is 2.42. The summed E-state index contributed by atoms with van der Waals surface area (Å²) in [5, 5.41) is 16.6. The van der Waals surface area contributed by atoms with Crippen LogP contribution in [-0.4, -0.2) is 27.8 Å². The molecule has 2 aromatic rings. The molecule has 0 amide bonds. The molecule has 0 bridgehead atoms. The number of nitrogens with two attached hydrogens (primary N) is 1. The van der Waals surface area contributed by atoms with Gasteiger partial charge in [-0.1, -0.05) is 18.2 Å². The van der Waals surface area contributed by atoms with E-state index in [9.17, 15) is 4.79 Å². The molecule has 1 atom stereocenters. The van der Waals surface area contributed by atoms with E-state index < -0.39 is 11.9 Å². The summed E-state index contributed by atoms with van der Waals surface area (Å²) < 4.78 is 0. The molecule has 0 saturated heterocycles. The number of benzene rings is 1. The Morgan fingerprint density at radius 1 is 1.60 bits per heavy atom.